The Balaban J connectivity index is 2.01. The molecule has 2 saturated heterocycles. The smallest absolute Gasteiger partial charge is 0.319 e. The van der Waals surface area contributed by atoms with Gasteiger partial charge in [-0.25, -0.2) is 0 Å². The third-order valence-corrected chi connectivity index (χ3v) is 10.7. The van der Waals surface area contributed by atoms with Gasteiger partial charge in [-0.1, -0.05) is 20.8 Å². The number of carbonyl (C=O) groups is 2. The molecule has 2 heterocycles. The Morgan fingerprint density at radius 2 is 1.66 bits per heavy atom. The summed E-state index contributed by atoms with van der Waals surface area (Å²) >= 11 is 0. The molecule has 0 radical (unpaired) electrons. The molecule has 3 aliphatic rings. The second-order valence-electron chi connectivity index (χ2n) is 15.2. The van der Waals surface area contributed by atoms with Gasteiger partial charge in [0, 0.05) is 37.7 Å². The summed E-state index contributed by atoms with van der Waals surface area (Å²) < 4.78 is 25.1. The summed E-state index contributed by atoms with van der Waals surface area (Å²) in [6.07, 6.45) is 1.58. The first-order valence-electron chi connectivity index (χ1n) is 16.8. The van der Waals surface area contributed by atoms with E-state index >= 15 is 0 Å². The second kappa shape index (κ2) is 15.2. The minimum atomic E-state index is -1.40. The van der Waals surface area contributed by atoms with Gasteiger partial charge in [-0.3, -0.25) is 14.5 Å². The van der Waals surface area contributed by atoms with Crippen molar-refractivity contribution in [3.05, 3.63) is 0 Å². The molecule has 0 amide bonds. The van der Waals surface area contributed by atoms with Gasteiger partial charge in [0.15, 0.2) is 12.1 Å². The van der Waals surface area contributed by atoms with Gasteiger partial charge in [-0.15, -0.1) is 0 Å². The molecule has 1 aliphatic carbocycles. The Labute approximate surface area is 267 Å². The largest absolute Gasteiger partial charge is 0.463 e. The Morgan fingerprint density at radius 1 is 1.02 bits per heavy atom. The van der Waals surface area contributed by atoms with Crippen molar-refractivity contribution >= 4 is 11.8 Å². The topological polar surface area (TPSA) is 101 Å². The number of Topliss-reactive ketones (excluding diaryl/α,β-unsaturated/α-hetero) is 1. The number of rotatable bonds is 8. The van der Waals surface area contributed by atoms with E-state index in [1.807, 2.05) is 32.8 Å². The summed E-state index contributed by atoms with van der Waals surface area (Å²) in [4.78, 5) is 34.7. The zero-order valence-electron chi connectivity index (χ0n) is 29.7. The highest BCUT2D eigenvalue weighted by atomic mass is 16.7. The molecule has 1 saturated carbocycles. The van der Waals surface area contributed by atoms with Gasteiger partial charge in [0.25, 0.3) is 0 Å². The summed E-state index contributed by atoms with van der Waals surface area (Å²) in [5.41, 5.74) is -2.30. The molecule has 0 aromatic carbocycles. The van der Waals surface area contributed by atoms with Crippen LogP contribution < -0.4 is 0 Å². The number of ether oxygens (including phenoxy) is 4. The zero-order valence-corrected chi connectivity index (χ0v) is 29.7. The van der Waals surface area contributed by atoms with Crippen LogP contribution in [0.4, 0.5) is 0 Å². The van der Waals surface area contributed by atoms with E-state index in [0.29, 0.717) is 24.8 Å². The summed E-state index contributed by atoms with van der Waals surface area (Å²) in [5, 5.41) is 11.3. The van der Waals surface area contributed by atoms with Gasteiger partial charge in [0.1, 0.15) is 18.1 Å². The molecular formula is C34H63N3O7. The van der Waals surface area contributed by atoms with Crippen molar-refractivity contribution in [2.45, 2.75) is 129 Å². The molecule has 10 heteroatoms. The van der Waals surface area contributed by atoms with E-state index in [1.54, 1.807) is 27.9 Å². The van der Waals surface area contributed by atoms with Crippen LogP contribution in [-0.4, -0.2) is 135 Å². The Morgan fingerprint density at radius 3 is 2.20 bits per heavy atom. The first kappa shape index (κ1) is 37.3. The van der Waals surface area contributed by atoms with Gasteiger partial charge in [-0.2, -0.15) is 0 Å². The minimum absolute atomic E-state index is 0.0812. The number of methoxy groups -OCH3 is 1. The van der Waals surface area contributed by atoms with E-state index in [-0.39, 0.29) is 36.5 Å². The van der Waals surface area contributed by atoms with Gasteiger partial charge < -0.3 is 33.9 Å². The average Bonchev–Trinajstić information content (AvgIpc) is 2.92. The summed E-state index contributed by atoms with van der Waals surface area (Å²) in [6.45, 7) is 15.4. The number of aliphatic hydroxyl groups is 1. The molecule has 2 aliphatic heterocycles. The normalized spacial score (nSPS) is 41.4. The number of ketones is 1. The number of hydrogen-bond acceptors (Lipinski definition) is 10. The first-order valence-corrected chi connectivity index (χ1v) is 16.8. The average molecular weight is 626 g/mol. The van der Waals surface area contributed by atoms with Crippen molar-refractivity contribution in [2.24, 2.45) is 23.2 Å². The van der Waals surface area contributed by atoms with Crippen molar-refractivity contribution in [3.63, 3.8) is 0 Å². The molecule has 0 aromatic rings. The highest BCUT2D eigenvalue weighted by Crippen LogP contribution is 2.40. The highest BCUT2D eigenvalue weighted by molar-refractivity contribution is 6.04. The molecule has 1 N–H and O–H groups in total. The molecule has 0 aromatic heterocycles. The van der Waals surface area contributed by atoms with Crippen LogP contribution in [0.25, 0.3) is 0 Å². The lowest BCUT2D eigenvalue weighted by molar-refractivity contribution is -0.295. The third kappa shape index (κ3) is 8.22. The van der Waals surface area contributed by atoms with E-state index < -0.39 is 41.4 Å². The van der Waals surface area contributed by atoms with Crippen LogP contribution in [0.15, 0.2) is 0 Å². The monoisotopic (exact) mass is 625 g/mol. The number of hydrogen-bond donors (Lipinski definition) is 1. The summed E-state index contributed by atoms with van der Waals surface area (Å²) in [5.74, 6) is -0.931. The van der Waals surface area contributed by atoms with Crippen LogP contribution in [0.1, 0.15) is 80.6 Å². The Hall–Kier alpha value is -1.14. The van der Waals surface area contributed by atoms with E-state index in [4.69, 9.17) is 18.9 Å². The first-order chi connectivity index (χ1) is 20.5. The number of cyclic esters (lactones) is 1. The maximum absolute atomic E-state index is 14.2. The predicted octanol–water partition coefficient (Wildman–Crippen LogP) is 3.44. The Kier molecular flexibility index (Phi) is 12.9. The van der Waals surface area contributed by atoms with E-state index in [1.165, 1.54) is 0 Å². The molecule has 9 atom stereocenters. The van der Waals surface area contributed by atoms with E-state index in [2.05, 4.69) is 37.7 Å². The molecule has 10 nitrogen and oxygen atoms in total. The van der Waals surface area contributed by atoms with Crippen LogP contribution in [0.2, 0.25) is 0 Å². The second-order valence-corrected chi connectivity index (χ2v) is 15.2. The standard InChI is InChI=1S/C34H63N3O7/c1-13-14-37-19-21(2)18-34(7,41-12)30(44-31-28(38)26(36(10)11)15-22(3)43-31)23(4)29(39)33(5,6)32(40)42-20-27(37)24-16-25(17-24)35(8)9/h21-28,30-31,38H,13-20H2,1-12H3/t21-,22-,23+,24?,25?,26+,27+,28-,30-,31+,34-/m1/s1. The number of aliphatic hydroxyl groups excluding tert-OH is 1. The maximum atomic E-state index is 14.2. The van der Waals surface area contributed by atoms with Crippen LogP contribution >= 0.6 is 0 Å². The number of esters is 1. The maximum Gasteiger partial charge on any atom is 0.319 e. The number of carbonyl (C=O) groups excluding carboxylic acids is 2. The zero-order chi connectivity index (χ0) is 33.1. The minimum Gasteiger partial charge on any atom is -0.463 e. The quantitative estimate of drug-likeness (QED) is 0.319. The lowest BCUT2D eigenvalue weighted by atomic mass is 9.74. The van der Waals surface area contributed by atoms with E-state index in [0.717, 1.165) is 32.4 Å². The van der Waals surface area contributed by atoms with Crippen LogP contribution in [0.5, 0.6) is 0 Å². The van der Waals surface area contributed by atoms with Crippen LogP contribution in [-0.2, 0) is 28.5 Å². The number of nitrogens with zero attached hydrogens (tertiary/aromatic N) is 3. The van der Waals surface area contributed by atoms with Crippen LogP contribution in [0, 0.1) is 23.2 Å². The van der Waals surface area contributed by atoms with Crippen LogP contribution in [0.3, 0.4) is 0 Å². The molecule has 0 unspecified atom stereocenters. The molecule has 0 spiro atoms. The lowest BCUT2D eigenvalue weighted by Crippen LogP contribution is -2.59. The summed E-state index contributed by atoms with van der Waals surface area (Å²) in [7, 11) is 9.76. The van der Waals surface area contributed by atoms with E-state index in [9.17, 15) is 14.7 Å². The fourth-order valence-electron chi connectivity index (χ4n) is 7.80. The molecule has 3 fully saturated rings. The van der Waals surface area contributed by atoms with Gasteiger partial charge in [0.05, 0.1) is 17.8 Å². The molecular weight excluding hydrogens is 562 g/mol. The van der Waals surface area contributed by atoms with Gasteiger partial charge >= 0.3 is 5.97 Å². The highest BCUT2D eigenvalue weighted by Gasteiger charge is 2.52. The lowest BCUT2D eigenvalue weighted by Gasteiger charge is -2.48. The van der Waals surface area contributed by atoms with Crippen molar-refractivity contribution in [1.82, 2.24) is 14.7 Å². The Bertz CT molecular complexity index is 955. The fraction of sp³-hybridized carbons (Fsp3) is 0.941. The predicted molar refractivity (Wildman–Crippen MR) is 171 cm³/mol. The van der Waals surface area contributed by atoms with Crippen molar-refractivity contribution < 1.29 is 33.6 Å². The molecule has 256 valence electrons. The van der Waals surface area contributed by atoms with Crippen molar-refractivity contribution in [1.29, 1.82) is 0 Å². The van der Waals surface area contributed by atoms with Gasteiger partial charge in [0.2, 0.25) is 0 Å². The van der Waals surface area contributed by atoms with Gasteiger partial charge in [-0.05, 0) is 106 Å². The van der Waals surface area contributed by atoms with Crippen molar-refractivity contribution in [2.75, 3.05) is 55.0 Å². The number of likely N-dealkylation sites (N-methyl/N-ethyl adjacent to an activating group) is 1. The molecule has 0 bridgehead atoms. The molecule has 3 rings (SSSR count). The van der Waals surface area contributed by atoms with Crippen molar-refractivity contribution in [3.8, 4) is 0 Å². The summed E-state index contributed by atoms with van der Waals surface area (Å²) in [6, 6.07) is 0.446. The SMILES string of the molecule is CCCN1C[C@H](C)C[C@@](C)(OC)[C@H](O[C@@H]2O[C@H](C)C[C@H](N(C)C)[C@H]2O)[C@@H](C)C(=O)C(C)(C)C(=O)OC[C@H]1C1CC(N(C)C)C1. The fourth-order valence-corrected chi connectivity index (χ4v) is 7.80. The molecule has 44 heavy (non-hydrogen) atoms. The third-order valence-electron chi connectivity index (χ3n) is 10.7.